The number of carbonyl (C=O) groups excluding carboxylic acids is 1. The van der Waals surface area contributed by atoms with E-state index in [1.54, 1.807) is 30.0 Å². The first kappa shape index (κ1) is 20.7. The summed E-state index contributed by atoms with van der Waals surface area (Å²) < 4.78 is 29.8. The van der Waals surface area contributed by atoms with Crippen LogP contribution in [-0.2, 0) is 21.2 Å². The van der Waals surface area contributed by atoms with Gasteiger partial charge in [0, 0.05) is 17.6 Å². The zero-order chi connectivity index (χ0) is 20.3. The van der Waals surface area contributed by atoms with Gasteiger partial charge in [0.1, 0.15) is 5.75 Å². The van der Waals surface area contributed by atoms with Crippen LogP contribution in [0.5, 0.6) is 5.75 Å². The second-order valence-corrected chi connectivity index (χ2v) is 9.82. The molecule has 1 amide bonds. The molecular formula is C21H24ClNO4S. The van der Waals surface area contributed by atoms with Crippen LogP contribution in [0.2, 0.25) is 5.02 Å². The highest BCUT2D eigenvalue weighted by Gasteiger charge is 2.36. The van der Waals surface area contributed by atoms with Gasteiger partial charge in [0.25, 0.3) is 5.91 Å². The van der Waals surface area contributed by atoms with Gasteiger partial charge >= 0.3 is 0 Å². The predicted molar refractivity (Wildman–Crippen MR) is 110 cm³/mol. The molecule has 1 aliphatic heterocycles. The van der Waals surface area contributed by atoms with Gasteiger partial charge in [-0.15, -0.1) is 0 Å². The first-order valence-electron chi connectivity index (χ1n) is 9.23. The first-order chi connectivity index (χ1) is 13.2. The summed E-state index contributed by atoms with van der Waals surface area (Å²) in [6, 6.07) is 14.5. The fraction of sp³-hybridized carbons (Fsp3) is 0.381. The Balaban J connectivity index is 1.79. The van der Waals surface area contributed by atoms with Crippen molar-refractivity contribution < 1.29 is 17.9 Å². The van der Waals surface area contributed by atoms with Crippen LogP contribution < -0.4 is 4.74 Å². The topological polar surface area (TPSA) is 63.7 Å². The van der Waals surface area contributed by atoms with Gasteiger partial charge < -0.3 is 9.64 Å². The summed E-state index contributed by atoms with van der Waals surface area (Å²) in [4.78, 5) is 14.8. The standard InChI is InChI=1S/C21H24ClNO4S/c1-15-12-19(8-9-20(15)22)27-16(2)21(24)23(13-17-6-4-3-5-7-17)18-10-11-28(25,26)14-18/h3-9,12,16,18H,10-11,13-14H2,1-2H3/t16-,18-/m0/s1. The molecular weight excluding hydrogens is 398 g/mol. The second-order valence-electron chi connectivity index (χ2n) is 7.18. The van der Waals surface area contributed by atoms with Gasteiger partial charge in [0.15, 0.2) is 15.9 Å². The van der Waals surface area contributed by atoms with Crippen molar-refractivity contribution in [3.05, 3.63) is 64.7 Å². The molecule has 0 bridgehead atoms. The normalized spacial score (nSPS) is 19.2. The molecule has 0 aliphatic carbocycles. The van der Waals surface area contributed by atoms with Gasteiger partial charge in [-0.2, -0.15) is 0 Å². The van der Waals surface area contributed by atoms with Gasteiger partial charge in [-0.25, -0.2) is 8.42 Å². The number of rotatable bonds is 6. The fourth-order valence-corrected chi connectivity index (χ4v) is 5.22. The molecule has 1 heterocycles. The van der Waals surface area contributed by atoms with Crippen molar-refractivity contribution in [2.75, 3.05) is 11.5 Å². The summed E-state index contributed by atoms with van der Waals surface area (Å²) in [5.41, 5.74) is 1.82. The Labute approximate surface area is 171 Å². The van der Waals surface area contributed by atoms with E-state index in [-0.39, 0.29) is 23.5 Å². The molecule has 150 valence electrons. The minimum absolute atomic E-state index is 0.00164. The molecule has 0 radical (unpaired) electrons. The summed E-state index contributed by atoms with van der Waals surface area (Å²) >= 11 is 6.05. The predicted octanol–water partition coefficient (Wildman–Crippen LogP) is 3.63. The first-order valence-corrected chi connectivity index (χ1v) is 11.4. The van der Waals surface area contributed by atoms with Crippen LogP contribution in [0.3, 0.4) is 0 Å². The van der Waals surface area contributed by atoms with Crippen LogP contribution in [0.1, 0.15) is 24.5 Å². The minimum Gasteiger partial charge on any atom is -0.481 e. The van der Waals surface area contributed by atoms with Crippen LogP contribution in [0.15, 0.2) is 48.5 Å². The van der Waals surface area contributed by atoms with E-state index in [0.717, 1.165) is 11.1 Å². The Bertz CT molecular complexity index is 946. The van der Waals surface area contributed by atoms with E-state index in [0.29, 0.717) is 23.7 Å². The quantitative estimate of drug-likeness (QED) is 0.714. The average molecular weight is 422 g/mol. The van der Waals surface area contributed by atoms with Crippen LogP contribution in [0, 0.1) is 6.92 Å². The number of nitrogens with zero attached hydrogens (tertiary/aromatic N) is 1. The molecule has 3 rings (SSSR count). The Hall–Kier alpha value is -2.05. The Morgan fingerprint density at radius 2 is 1.96 bits per heavy atom. The lowest BCUT2D eigenvalue weighted by atomic mass is 10.1. The SMILES string of the molecule is Cc1cc(O[C@@H](C)C(=O)N(Cc2ccccc2)[C@H]2CCS(=O)(=O)C2)ccc1Cl. The third kappa shape index (κ3) is 5.06. The molecule has 0 saturated carbocycles. The van der Waals surface area contributed by atoms with Crippen molar-refractivity contribution in [2.45, 2.75) is 39.0 Å². The van der Waals surface area contributed by atoms with Crippen LogP contribution in [0.4, 0.5) is 0 Å². The monoisotopic (exact) mass is 421 g/mol. The van der Waals surface area contributed by atoms with Crippen LogP contribution in [-0.4, -0.2) is 42.9 Å². The second kappa shape index (κ2) is 8.53. The Kier molecular flexibility index (Phi) is 6.30. The van der Waals surface area contributed by atoms with Crippen molar-refractivity contribution >= 4 is 27.3 Å². The van der Waals surface area contributed by atoms with Crippen molar-refractivity contribution in [2.24, 2.45) is 0 Å². The van der Waals surface area contributed by atoms with Crippen molar-refractivity contribution in [3.63, 3.8) is 0 Å². The highest BCUT2D eigenvalue weighted by atomic mass is 35.5. The summed E-state index contributed by atoms with van der Waals surface area (Å²) in [5, 5.41) is 0.633. The van der Waals surface area contributed by atoms with Gasteiger partial charge in [-0.1, -0.05) is 41.9 Å². The van der Waals surface area contributed by atoms with E-state index in [4.69, 9.17) is 16.3 Å². The van der Waals surface area contributed by atoms with Crippen molar-refractivity contribution in [1.82, 2.24) is 4.90 Å². The summed E-state index contributed by atoms with van der Waals surface area (Å²) in [6.45, 7) is 3.91. The maximum atomic E-state index is 13.2. The lowest BCUT2D eigenvalue weighted by Gasteiger charge is -2.31. The molecule has 2 atom stereocenters. The summed E-state index contributed by atoms with van der Waals surface area (Å²) in [6.07, 6.45) is -0.291. The number of halogens is 1. The van der Waals surface area contributed by atoms with E-state index in [2.05, 4.69) is 0 Å². The third-order valence-corrected chi connectivity index (χ3v) is 7.09. The number of ether oxygens (including phenoxy) is 1. The molecule has 1 fully saturated rings. The zero-order valence-corrected chi connectivity index (χ0v) is 17.5. The van der Waals surface area contributed by atoms with Gasteiger partial charge in [-0.05, 0) is 49.6 Å². The number of hydrogen-bond donors (Lipinski definition) is 0. The number of sulfone groups is 1. The van der Waals surface area contributed by atoms with E-state index < -0.39 is 15.9 Å². The number of carbonyl (C=O) groups is 1. The van der Waals surface area contributed by atoms with Crippen molar-refractivity contribution in [1.29, 1.82) is 0 Å². The molecule has 1 aliphatic rings. The molecule has 5 nitrogen and oxygen atoms in total. The molecule has 0 N–H and O–H groups in total. The minimum atomic E-state index is -3.11. The average Bonchev–Trinajstić information content (AvgIpc) is 3.02. The molecule has 0 unspecified atom stereocenters. The van der Waals surface area contributed by atoms with Crippen LogP contribution >= 0.6 is 11.6 Å². The summed E-state index contributed by atoms with van der Waals surface area (Å²) in [7, 11) is -3.11. The lowest BCUT2D eigenvalue weighted by Crippen LogP contribution is -2.46. The maximum Gasteiger partial charge on any atom is 0.263 e. The number of aryl methyl sites for hydroxylation is 1. The molecule has 28 heavy (non-hydrogen) atoms. The smallest absolute Gasteiger partial charge is 0.263 e. The molecule has 1 saturated heterocycles. The third-order valence-electron chi connectivity index (χ3n) is 4.92. The molecule has 2 aromatic carbocycles. The highest BCUT2D eigenvalue weighted by molar-refractivity contribution is 7.91. The van der Waals surface area contributed by atoms with E-state index >= 15 is 0 Å². The lowest BCUT2D eigenvalue weighted by molar-refractivity contribution is -0.140. The van der Waals surface area contributed by atoms with Gasteiger partial charge in [0.2, 0.25) is 0 Å². The zero-order valence-electron chi connectivity index (χ0n) is 16.0. The maximum absolute atomic E-state index is 13.2. The van der Waals surface area contributed by atoms with E-state index in [9.17, 15) is 13.2 Å². The largest absolute Gasteiger partial charge is 0.481 e. The Morgan fingerprint density at radius 3 is 2.57 bits per heavy atom. The highest BCUT2D eigenvalue weighted by Crippen LogP contribution is 2.24. The van der Waals surface area contributed by atoms with E-state index in [1.807, 2.05) is 37.3 Å². The molecule has 0 spiro atoms. The van der Waals surface area contributed by atoms with Crippen molar-refractivity contribution in [3.8, 4) is 5.75 Å². The number of amides is 1. The number of benzene rings is 2. The fourth-order valence-electron chi connectivity index (χ4n) is 3.37. The molecule has 0 aromatic heterocycles. The molecule has 2 aromatic rings. The molecule has 7 heteroatoms. The van der Waals surface area contributed by atoms with Gasteiger partial charge in [0.05, 0.1) is 11.5 Å². The van der Waals surface area contributed by atoms with Crippen LogP contribution in [0.25, 0.3) is 0 Å². The number of hydrogen-bond acceptors (Lipinski definition) is 4. The van der Waals surface area contributed by atoms with Gasteiger partial charge in [-0.3, -0.25) is 4.79 Å². The Morgan fingerprint density at radius 1 is 1.25 bits per heavy atom. The van der Waals surface area contributed by atoms with E-state index in [1.165, 1.54) is 0 Å². The summed E-state index contributed by atoms with van der Waals surface area (Å²) in [5.74, 6) is 0.445.